The summed E-state index contributed by atoms with van der Waals surface area (Å²) in [6.07, 6.45) is 3.90. The van der Waals surface area contributed by atoms with Crippen molar-refractivity contribution in [2.75, 3.05) is 13.1 Å². The Balaban J connectivity index is 2.26. The number of hydrogen-bond acceptors (Lipinski definition) is 2. The fourth-order valence-corrected chi connectivity index (χ4v) is 1.43. The number of carboxylic acids is 1. The zero-order valence-corrected chi connectivity index (χ0v) is 8.53. The van der Waals surface area contributed by atoms with E-state index in [1.54, 1.807) is 6.92 Å². The number of nitrogens with zero attached hydrogens (tertiary/aromatic N) is 1. The van der Waals surface area contributed by atoms with Gasteiger partial charge >= 0.3 is 5.97 Å². The predicted molar refractivity (Wildman–Crippen MR) is 51.8 cm³/mol. The van der Waals surface area contributed by atoms with Crippen molar-refractivity contribution >= 4 is 11.9 Å². The van der Waals surface area contributed by atoms with Crippen molar-refractivity contribution in [3.05, 3.63) is 0 Å². The lowest BCUT2D eigenvalue weighted by Crippen LogP contribution is -2.35. The van der Waals surface area contributed by atoms with E-state index in [9.17, 15) is 9.59 Å². The Morgan fingerprint density at radius 1 is 1.43 bits per heavy atom. The molecule has 1 saturated carbocycles. The zero-order chi connectivity index (χ0) is 10.6. The first-order valence-electron chi connectivity index (χ1n) is 5.13. The lowest BCUT2D eigenvalue weighted by atomic mass is 10.2. The largest absolute Gasteiger partial charge is 0.480 e. The van der Waals surface area contributed by atoms with E-state index in [1.165, 1.54) is 17.7 Å². The Morgan fingerprint density at radius 3 is 2.50 bits per heavy atom. The number of carbonyl (C=O) groups excluding carboxylic acids is 1. The second kappa shape index (κ2) is 4.98. The summed E-state index contributed by atoms with van der Waals surface area (Å²) in [7, 11) is 0. The summed E-state index contributed by atoms with van der Waals surface area (Å²) in [4.78, 5) is 23.3. The second-order valence-electron chi connectivity index (χ2n) is 3.78. The van der Waals surface area contributed by atoms with Gasteiger partial charge in [0.25, 0.3) is 0 Å². The van der Waals surface area contributed by atoms with Crippen LogP contribution in [0.5, 0.6) is 0 Å². The van der Waals surface area contributed by atoms with E-state index in [1.807, 2.05) is 0 Å². The van der Waals surface area contributed by atoms with Gasteiger partial charge < -0.3 is 10.0 Å². The molecule has 0 bridgehead atoms. The molecule has 1 amide bonds. The molecule has 80 valence electrons. The molecule has 1 rings (SSSR count). The van der Waals surface area contributed by atoms with Crippen molar-refractivity contribution in [1.29, 1.82) is 0 Å². The number of carboxylic acid groups (broad SMARTS) is 1. The van der Waals surface area contributed by atoms with Gasteiger partial charge in [0.2, 0.25) is 5.91 Å². The maximum absolute atomic E-state index is 11.5. The summed E-state index contributed by atoms with van der Waals surface area (Å²) in [5, 5.41) is 8.56. The van der Waals surface area contributed by atoms with Crippen molar-refractivity contribution in [1.82, 2.24) is 4.90 Å². The van der Waals surface area contributed by atoms with Crippen LogP contribution in [0.1, 0.15) is 32.6 Å². The lowest BCUT2D eigenvalue weighted by Gasteiger charge is -2.18. The second-order valence-corrected chi connectivity index (χ2v) is 3.78. The SMILES string of the molecule is CCN(CC(=O)O)C(=O)CCC1CC1. The molecule has 1 N–H and O–H groups in total. The van der Waals surface area contributed by atoms with Gasteiger partial charge in [-0.3, -0.25) is 9.59 Å². The highest BCUT2D eigenvalue weighted by atomic mass is 16.4. The topological polar surface area (TPSA) is 57.6 Å². The highest BCUT2D eigenvalue weighted by Crippen LogP contribution is 2.33. The molecule has 0 aromatic heterocycles. The fourth-order valence-electron chi connectivity index (χ4n) is 1.43. The minimum atomic E-state index is -0.938. The van der Waals surface area contributed by atoms with Crippen LogP contribution in [0.15, 0.2) is 0 Å². The van der Waals surface area contributed by atoms with E-state index < -0.39 is 5.97 Å². The molecular weight excluding hydrogens is 182 g/mol. The van der Waals surface area contributed by atoms with Crippen LogP contribution in [-0.4, -0.2) is 35.0 Å². The first-order valence-corrected chi connectivity index (χ1v) is 5.13. The standard InChI is InChI=1S/C10H17NO3/c1-2-11(7-10(13)14)9(12)6-5-8-3-4-8/h8H,2-7H2,1H3,(H,13,14). The zero-order valence-electron chi connectivity index (χ0n) is 8.53. The predicted octanol–water partition coefficient (Wildman–Crippen LogP) is 1.11. The number of hydrogen-bond donors (Lipinski definition) is 1. The number of aliphatic carboxylic acids is 1. The van der Waals surface area contributed by atoms with Crippen LogP contribution in [-0.2, 0) is 9.59 Å². The van der Waals surface area contributed by atoms with Gasteiger partial charge in [-0.25, -0.2) is 0 Å². The quantitative estimate of drug-likeness (QED) is 0.697. The van der Waals surface area contributed by atoms with Crippen molar-refractivity contribution in [2.45, 2.75) is 32.6 Å². The minimum absolute atomic E-state index is 0.0261. The van der Waals surface area contributed by atoms with Crippen LogP contribution < -0.4 is 0 Å². The molecule has 14 heavy (non-hydrogen) atoms. The Morgan fingerprint density at radius 2 is 2.07 bits per heavy atom. The van der Waals surface area contributed by atoms with E-state index in [2.05, 4.69) is 0 Å². The van der Waals surface area contributed by atoms with Crippen molar-refractivity contribution in [2.24, 2.45) is 5.92 Å². The van der Waals surface area contributed by atoms with E-state index in [0.29, 0.717) is 13.0 Å². The van der Waals surface area contributed by atoms with Gasteiger partial charge in [-0.1, -0.05) is 12.8 Å². The Bertz CT molecular complexity index is 223. The summed E-state index contributed by atoms with van der Waals surface area (Å²) in [5.41, 5.74) is 0. The molecule has 0 heterocycles. The molecule has 1 aliphatic rings. The maximum Gasteiger partial charge on any atom is 0.323 e. The van der Waals surface area contributed by atoms with Gasteiger partial charge in [-0.2, -0.15) is 0 Å². The Kier molecular flexibility index (Phi) is 3.92. The van der Waals surface area contributed by atoms with Crippen molar-refractivity contribution < 1.29 is 14.7 Å². The highest BCUT2D eigenvalue weighted by Gasteiger charge is 2.23. The first-order chi connectivity index (χ1) is 6.63. The number of amides is 1. The van der Waals surface area contributed by atoms with Gasteiger partial charge in [0.05, 0.1) is 0 Å². The molecule has 0 unspecified atom stereocenters. The van der Waals surface area contributed by atoms with Gasteiger partial charge in [-0.15, -0.1) is 0 Å². The third kappa shape index (κ3) is 3.77. The third-order valence-electron chi connectivity index (χ3n) is 2.52. The average molecular weight is 199 g/mol. The van der Waals surface area contributed by atoms with Gasteiger partial charge in [0.15, 0.2) is 0 Å². The summed E-state index contributed by atoms with van der Waals surface area (Å²) in [6, 6.07) is 0. The van der Waals surface area contributed by atoms with Crippen LogP contribution in [0, 0.1) is 5.92 Å². The minimum Gasteiger partial charge on any atom is -0.480 e. The van der Waals surface area contributed by atoms with Crippen LogP contribution in [0.4, 0.5) is 0 Å². The Hall–Kier alpha value is -1.06. The van der Waals surface area contributed by atoms with Gasteiger partial charge in [0.1, 0.15) is 6.54 Å². The molecule has 0 saturated heterocycles. The van der Waals surface area contributed by atoms with Crippen LogP contribution in [0.2, 0.25) is 0 Å². The smallest absolute Gasteiger partial charge is 0.323 e. The maximum atomic E-state index is 11.5. The normalized spacial score (nSPS) is 15.2. The summed E-state index contributed by atoms with van der Waals surface area (Å²) in [6.45, 7) is 2.12. The Labute approximate surface area is 83.9 Å². The lowest BCUT2D eigenvalue weighted by molar-refractivity contribution is -0.144. The number of carbonyl (C=O) groups is 2. The van der Waals surface area contributed by atoms with Crippen molar-refractivity contribution in [3.8, 4) is 0 Å². The molecule has 0 aliphatic heterocycles. The molecule has 0 radical (unpaired) electrons. The molecular formula is C10H17NO3. The molecule has 1 fully saturated rings. The fraction of sp³-hybridized carbons (Fsp3) is 0.800. The van der Waals surface area contributed by atoms with Crippen LogP contribution in [0.3, 0.4) is 0 Å². The van der Waals surface area contributed by atoms with E-state index >= 15 is 0 Å². The molecule has 4 nitrogen and oxygen atoms in total. The van der Waals surface area contributed by atoms with Gasteiger partial charge in [-0.05, 0) is 19.3 Å². The highest BCUT2D eigenvalue weighted by molar-refractivity contribution is 5.81. The molecule has 0 aromatic carbocycles. The number of rotatable bonds is 6. The van der Waals surface area contributed by atoms with E-state index in [4.69, 9.17) is 5.11 Å². The average Bonchev–Trinajstić information content (AvgIpc) is 2.93. The molecule has 1 aliphatic carbocycles. The molecule has 0 spiro atoms. The summed E-state index contributed by atoms with van der Waals surface area (Å²) < 4.78 is 0. The van der Waals surface area contributed by atoms with Crippen LogP contribution in [0.25, 0.3) is 0 Å². The molecule has 0 aromatic rings. The number of likely N-dealkylation sites (N-methyl/N-ethyl adjacent to an activating group) is 1. The van der Waals surface area contributed by atoms with Crippen LogP contribution >= 0.6 is 0 Å². The molecule has 4 heteroatoms. The summed E-state index contributed by atoms with van der Waals surface area (Å²) >= 11 is 0. The van der Waals surface area contributed by atoms with Gasteiger partial charge in [0, 0.05) is 13.0 Å². The third-order valence-corrected chi connectivity index (χ3v) is 2.52. The first kappa shape index (κ1) is 11.0. The van der Waals surface area contributed by atoms with Crippen molar-refractivity contribution in [3.63, 3.8) is 0 Å². The van der Waals surface area contributed by atoms with E-state index in [0.717, 1.165) is 12.3 Å². The monoisotopic (exact) mass is 199 g/mol. The summed E-state index contributed by atoms with van der Waals surface area (Å²) in [5.74, 6) is -0.240. The molecule has 0 atom stereocenters. The van der Waals surface area contributed by atoms with E-state index in [-0.39, 0.29) is 12.5 Å².